The lowest BCUT2D eigenvalue weighted by atomic mass is 10.2. The molecule has 2 heterocycles. The second-order valence-corrected chi connectivity index (χ2v) is 6.74. The van der Waals surface area contributed by atoms with Crippen LogP contribution in [0.15, 0.2) is 12.1 Å². The lowest BCUT2D eigenvalue weighted by Gasteiger charge is -2.36. The Hall–Kier alpha value is -1.20. The van der Waals surface area contributed by atoms with Crippen molar-refractivity contribution in [3.05, 3.63) is 22.3 Å². The molecule has 1 aromatic heterocycles. The van der Waals surface area contributed by atoms with Crippen molar-refractivity contribution in [2.24, 2.45) is 0 Å². The molecule has 116 valence electrons. The normalized spacial score (nSPS) is 16.0. The van der Waals surface area contributed by atoms with E-state index in [2.05, 4.69) is 9.88 Å². The summed E-state index contributed by atoms with van der Waals surface area (Å²) in [4.78, 5) is 20.0. The molecule has 0 aliphatic carbocycles. The molecule has 5 nitrogen and oxygen atoms in total. The minimum absolute atomic E-state index is 0.278. The predicted octanol–water partition coefficient (Wildman–Crippen LogP) is 3.45. The van der Waals surface area contributed by atoms with Crippen LogP contribution in [0.3, 0.4) is 0 Å². The van der Waals surface area contributed by atoms with E-state index >= 15 is 0 Å². The third-order valence-corrected chi connectivity index (χ3v) is 3.41. The number of pyridine rings is 1. The first-order valence-corrected chi connectivity index (χ1v) is 7.56. The van der Waals surface area contributed by atoms with Crippen LogP contribution in [0.4, 0.5) is 10.6 Å². The molecule has 1 aliphatic heterocycles. The molecule has 0 unspecified atom stereocenters. The fourth-order valence-corrected chi connectivity index (χ4v) is 2.52. The fraction of sp³-hybridized carbons (Fsp3) is 0.571. The molecule has 0 radical (unpaired) electrons. The molecule has 0 aromatic carbocycles. The number of hydrogen-bond acceptors (Lipinski definition) is 4. The molecule has 0 N–H and O–H groups in total. The Kier molecular flexibility index (Phi) is 4.84. The average Bonchev–Trinajstić information content (AvgIpc) is 2.35. The van der Waals surface area contributed by atoms with Gasteiger partial charge in [0.05, 0.1) is 0 Å². The lowest BCUT2D eigenvalue weighted by molar-refractivity contribution is 0.0240. The number of ether oxygens (including phenoxy) is 1. The van der Waals surface area contributed by atoms with Crippen LogP contribution in [0.2, 0.25) is 10.2 Å². The first kappa shape index (κ1) is 16.2. The summed E-state index contributed by atoms with van der Waals surface area (Å²) in [5.74, 6) is 0.733. The van der Waals surface area contributed by atoms with Gasteiger partial charge in [0.15, 0.2) is 0 Å². The van der Waals surface area contributed by atoms with Crippen molar-refractivity contribution in [3.8, 4) is 0 Å². The highest BCUT2D eigenvalue weighted by molar-refractivity contribution is 6.34. The molecule has 2 rings (SSSR count). The van der Waals surface area contributed by atoms with Gasteiger partial charge in [-0.25, -0.2) is 9.78 Å². The van der Waals surface area contributed by atoms with E-state index in [9.17, 15) is 4.79 Å². The maximum atomic E-state index is 12.0. The Balaban J connectivity index is 1.95. The molecular weight excluding hydrogens is 313 g/mol. The number of rotatable bonds is 1. The molecule has 1 saturated heterocycles. The van der Waals surface area contributed by atoms with Crippen molar-refractivity contribution < 1.29 is 9.53 Å². The molecule has 0 saturated carbocycles. The number of carbonyl (C=O) groups excluding carboxylic acids is 1. The van der Waals surface area contributed by atoms with Gasteiger partial charge in [0.25, 0.3) is 0 Å². The Labute approximate surface area is 134 Å². The van der Waals surface area contributed by atoms with Crippen LogP contribution in [0.1, 0.15) is 20.8 Å². The van der Waals surface area contributed by atoms with Gasteiger partial charge in [-0.1, -0.05) is 23.2 Å². The fourth-order valence-electron chi connectivity index (χ4n) is 2.06. The van der Waals surface area contributed by atoms with Crippen molar-refractivity contribution in [1.29, 1.82) is 0 Å². The number of carbonyl (C=O) groups is 1. The maximum Gasteiger partial charge on any atom is 0.410 e. The number of hydrogen-bond donors (Lipinski definition) is 0. The summed E-state index contributed by atoms with van der Waals surface area (Å²) in [6.45, 7) is 8.09. The summed E-state index contributed by atoms with van der Waals surface area (Å²) >= 11 is 11.9. The SMILES string of the molecule is CC(C)(C)OC(=O)N1CCN(c2cc(Cl)cc(Cl)n2)CC1. The molecule has 0 atom stereocenters. The Morgan fingerprint density at radius 3 is 2.33 bits per heavy atom. The molecule has 1 fully saturated rings. The quantitative estimate of drug-likeness (QED) is 0.739. The zero-order valence-electron chi connectivity index (χ0n) is 12.4. The summed E-state index contributed by atoms with van der Waals surface area (Å²) in [5.41, 5.74) is -0.476. The second-order valence-electron chi connectivity index (χ2n) is 5.92. The molecule has 7 heteroatoms. The highest BCUT2D eigenvalue weighted by Gasteiger charge is 2.26. The molecule has 1 aliphatic rings. The van der Waals surface area contributed by atoms with Crippen LogP contribution in [0.5, 0.6) is 0 Å². The minimum atomic E-state index is -0.476. The standard InChI is InChI=1S/C14H19Cl2N3O2/c1-14(2,3)21-13(20)19-6-4-18(5-7-19)12-9-10(15)8-11(16)17-12/h8-9H,4-7H2,1-3H3. The Morgan fingerprint density at radius 1 is 1.19 bits per heavy atom. The molecular formula is C14H19Cl2N3O2. The van der Waals surface area contributed by atoms with Crippen molar-refractivity contribution in [2.45, 2.75) is 26.4 Å². The van der Waals surface area contributed by atoms with Gasteiger partial charge in [-0.05, 0) is 32.9 Å². The van der Waals surface area contributed by atoms with Gasteiger partial charge < -0.3 is 14.5 Å². The van der Waals surface area contributed by atoms with Crippen LogP contribution < -0.4 is 4.90 Å². The minimum Gasteiger partial charge on any atom is -0.444 e. The average molecular weight is 332 g/mol. The number of halogens is 2. The third kappa shape index (κ3) is 4.64. The van der Waals surface area contributed by atoms with Crippen molar-refractivity contribution in [1.82, 2.24) is 9.88 Å². The summed E-state index contributed by atoms with van der Waals surface area (Å²) < 4.78 is 5.37. The predicted molar refractivity (Wildman–Crippen MR) is 84.3 cm³/mol. The van der Waals surface area contributed by atoms with Crippen LogP contribution in [-0.2, 0) is 4.74 Å². The van der Waals surface area contributed by atoms with E-state index in [0.717, 1.165) is 5.82 Å². The van der Waals surface area contributed by atoms with Crippen molar-refractivity contribution in [2.75, 3.05) is 31.1 Å². The topological polar surface area (TPSA) is 45.7 Å². The van der Waals surface area contributed by atoms with Crippen LogP contribution in [0, 0.1) is 0 Å². The Bertz CT molecular complexity index is 503. The smallest absolute Gasteiger partial charge is 0.410 e. The zero-order valence-corrected chi connectivity index (χ0v) is 13.9. The second kappa shape index (κ2) is 6.28. The number of aromatic nitrogens is 1. The highest BCUT2D eigenvalue weighted by atomic mass is 35.5. The number of nitrogens with zero attached hydrogens (tertiary/aromatic N) is 3. The van der Waals surface area contributed by atoms with Crippen LogP contribution >= 0.6 is 23.2 Å². The van der Waals surface area contributed by atoms with Gasteiger partial charge in [-0.15, -0.1) is 0 Å². The molecule has 0 bridgehead atoms. The van der Waals surface area contributed by atoms with Gasteiger partial charge >= 0.3 is 6.09 Å². The van der Waals surface area contributed by atoms with Crippen molar-refractivity contribution >= 4 is 35.1 Å². The van der Waals surface area contributed by atoms with Gasteiger partial charge in [0.2, 0.25) is 0 Å². The Morgan fingerprint density at radius 2 is 1.81 bits per heavy atom. The monoisotopic (exact) mass is 331 g/mol. The van der Waals surface area contributed by atoms with Gasteiger partial charge in [-0.3, -0.25) is 0 Å². The van der Waals surface area contributed by atoms with E-state index in [-0.39, 0.29) is 6.09 Å². The highest BCUT2D eigenvalue weighted by Crippen LogP contribution is 2.23. The third-order valence-electron chi connectivity index (χ3n) is 3.00. The van der Waals surface area contributed by atoms with E-state index in [1.807, 2.05) is 20.8 Å². The molecule has 1 amide bonds. The lowest BCUT2D eigenvalue weighted by Crippen LogP contribution is -2.50. The molecule has 1 aromatic rings. The van der Waals surface area contributed by atoms with Gasteiger partial charge in [-0.2, -0.15) is 0 Å². The number of amides is 1. The summed E-state index contributed by atoms with van der Waals surface area (Å²) in [6.07, 6.45) is -0.278. The summed E-state index contributed by atoms with van der Waals surface area (Å²) in [6, 6.07) is 3.38. The van der Waals surface area contributed by atoms with E-state index in [1.165, 1.54) is 0 Å². The van der Waals surface area contributed by atoms with E-state index in [1.54, 1.807) is 17.0 Å². The van der Waals surface area contributed by atoms with E-state index in [0.29, 0.717) is 36.4 Å². The first-order chi connectivity index (χ1) is 9.74. The largest absolute Gasteiger partial charge is 0.444 e. The van der Waals surface area contributed by atoms with Gasteiger partial charge in [0.1, 0.15) is 16.6 Å². The number of anilines is 1. The molecule has 0 spiro atoms. The first-order valence-electron chi connectivity index (χ1n) is 6.80. The number of piperazine rings is 1. The van der Waals surface area contributed by atoms with Crippen LogP contribution in [0.25, 0.3) is 0 Å². The maximum absolute atomic E-state index is 12.0. The van der Waals surface area contributed by atoms with E-state index in [4.69, 9.17) is 27.9 Å². The van der Waals surface area contributed by atoms with Crippen molar-refractivity contribution in [3.63, 3.8) is 0 Å². The van der Waals surface area contributed by atoms with E-state index < -0.39 is 5.60 Å². The summed E-state index contributed by atoms with van der Waals surface area (Å²) in [5, 5.41) is 0.923. The molecule has 21 heavy (non-hydrogen) atoms. The van der Waals surface area contributed by atoms with Crippen LogP contribution in [-0.4, -0.2) is 47.8 Å². The summed E-state index contributed by atoms with van der Waals surface area (Å²) in [7, 11) is 0. The zero-order chi connectivity index (χ0) is 15.6. The van der Waals surface area contributed by atoms with Gasteiger partial charge in [0, 0.05) is 31.2 Å².